The fourth-order valence-electron chi connectivity index (χ4n) is 3.03. The zero-order chi connectivity index (χ0) is 26.7. The van der Waals surface area contributed by atoms with Gasteiger partial charge in [-0.2, -0.15) is 18.2 Å². The molecule has 1 saturated heterocycles. The van der Waals surface area contributed by atoms with Crippen molar-refractivity contribution < 1.29 is 37.0 Å². The van der Waals surface area contributed by atoms with Crippen LogP contribution in [-0.2, 0) is 9.53 Å². The summed E-state index contributed by atoms with van der Waals surface area (Å²) in [5.74, 6) is -1.20. The summed E-state index contributed by atoms with van der Waals surface area (Å²) >= 11 is 0.969. The molecule has 2 aromatic rings. The summed E-state index contributed by atoms with van der Waals surface area (Å²) < 4.78 is 48.3. The van der Waals surface area contributed by atoms with E-state index in [9.17, 15) is 27.6 Å². The van der Waals surface area contributed by atoms with Gasteiger partial charge in [-0.3, -0.25) is 9.69 Å². The second-order valence-electron chi connectivity index (χ2n) is 8.80. The lowest BCUT2D eigenvalue weighted by Gasteiger charge is -2.21. The molecule has 1 aliphatic rings. The Kier molecular flexibility index (Phi) is 7.97. The number of halogens is 3. The van der Waals surface area contributed by atoms with Crippen molar-refractivity contribution >= 4 is 46.2 Å². The van der Waals surface area contributed by atoms with Gasteiger partial charge >= 0.3 is 18.2 Å². The van der Waals surface area contributed by atoms with Crippen molar-refractivity contribution in [2.24, 2.45) is 4.99 Å². The average Bonchev–Trinajstić information content (AvgIpc) is 3.11. The number of alkyl halides is 3. The minimum atomic E-state index is -4.57. The third-order valence-electron chi connectivity index (χ3n) is 4.48. The van der Waals surface area contributed by atoms with Gasteiger partial charge in [-0.15, -0.1) is 0 Å². The highest BCUT2D eigenvalue weighted by molar-refractivity contribution is 8.15. The van der Waals surface area contributed by atoms with Crippen LogP contribution in [0.25, 0.3) is 0 Å². The third-order valence-corrected chi connectivity index (χ3v) is 5.40. The summed E-state index contributed by atoms with van der Waals surface area (Å²) in [4.78, 5) is 42.2. The second kappa shape index (κ2) is 10.6. The SMILES string of the molecule is Cc1ccc(OCC(F)(F)F)c(N2C(=O)CS/C2=N\C(=O)Nc2ccc(C(=O)OC(C)(C)C)cc2)c1. The van der Waals surface area contributed by atoms with Crippen molar-refractivity contribution in [3.8, 4) is 5.75 Å². The number of carbonyl (C=O) groups is 3. The molecule has 12 heteroatoms. The van der Waals surface area contributed by atoms with E-state index in [4.69, 9.17) is 9.47 Å². The topological polar surface area (TPSA) is 97.3 Å². The number of nitrogens with zero attached hydrogens (tertiary/aromatic N) is 2. The molecule has 1 N–H and O–H groups in total. The lowest BCUT2D eigenvalue weighted by Crippen LogP contribution is -2.31. The van der Waals surface area contributed by atoms with Crippen molar-refractivity contribution in [2.75, 3.05) is 22.6 Å². The van der Waals surface area contributed by atoms with Gasteiger partial charge in [0.25, 0.3) is 0 Å². The Morgan fingerprint density at radius 3 is 2.39 bits per heavy atom. The summed E-state index contributed by atoms with van der Waals surface area (Å²) in [5.41, 5.74) is 0.702. The van der Waals surface area contributed by atoms with Crippen LogP contribution in [0.4, 0.5) is 29.3 Å². The molecule has 1 heterocycles. The molecule has 1 aliphatic heterocycles. The predicted molar refractivity (Wildman–Crippen MR) is 131 cm³/mol. The number of thioether (sulfide) groups is 1. The van der Waals surface area contributed by atoms with E-state index in [1.807, 2.05) is 0 Å². The van der Waals surface area contributed by atoms with Gasteiger partial charge in [0.2, 0.25) is 5.91 Å². The molecule has 8 nitrogen and oxygen atoms in total. The largest absolute Gasteiger partial charge is 0.482 e. The first kappa shape index (κ1) is 27.1. The van der Waals surface area contributed by atoms with E-state index in [1.165, 1.54) is 36.4 Å². The molecule has 192 valence electrons. The van der Waals surface area contributed by atoms with Crippen LogP contribution in [-0.4, -0.2) is 47.2 Å². The van der Waals surface area contributed by atoms with Gasteiger partial charge in [0.15, 0.2) is 11.8 Å². The number of carbonyl (C=O) groups excluding carboxylic acids is 3. The van der Waals surface area contributed by atoms with Crippen LogP contribution in [0.3, 0.4) is 0 Å². The minimum Gasteiger partial charge on any atom is -0.482 e. The molecule has 0 saturated carbocycles. The van der Waals surface area contributed by atoms with Crippen LogP contribution in [0.5, 0.6) is 5.75 Å². The summed E-state index contributed by atoms with van der Waals surface area (Å²) in [6, 6.07) is 9.49. The van der Waals surface area contributed by atoms with Crippen molar-refractivity contribution in [1.82, 2.24) is 0 Å². The van der Waals surface area contributed by atoms with E-state index in [0.29, 0.717) is 16.8 Å². The van der Waals surface area contributed by atoms with Crippen LogP contribution in [0.15, 0.2) is 47.5 Å². The van der Waals surface area contributed by atoms with Crippen molar-refractivity contribution in [3.05, 3.63) is 53.6 Å². The molecule has 1 fully saturated rings. The number of hydrogen-bond acceptors (Lipinski definition) is 6. The maximum Gasteiger partial charge on any atom is 0.422 e. The molecular formula is C24H24F3N3O5S. The second-order valence-corrected chi connectivity index (χ2v) is 9.74. The molecule has 36 heavy (non-hydrogen) atoms. The van der Waals surface area contributed by atoms with Crippen LogP contribution in [0.2, 0.25) is 0 Å². The standard InChI is InChI=1S/C24H24F3N3O5S/c1-14-5-10-18(34-13-24(25,26)27)17(11-14)30-19(31)12-36-22(30)29-21(33)28-16-8-6-15(7-9-16)20(32)35-23(2,3)4/h5-11H,12-13H2,1-4H3,(H,28,33)/b29-22-. The van der Waals surface area contributed by atoms with E-state index in [-0.39, 0.29) is 22.4 Å². The number of esters is 1. The van der Waals surface area contributed by atoms with Gasteiger partial charge < -0.3 is 14.8 Å². The van der Waals surface area contributed by atoms with Crippen molar-refractivity contribution in [1.29, 1.82) is 0 Å². The first-order valence-electron chi connectivity index (χ1n) is 10.7. The molecule has 0 spiro atoms. The van der Waals surface area contributed by atoms with E-state index in [0.717, 1.165) is 16.7 Å². The Morgan fingerprint density at radius 2 is 1.78 bits per heavy atom. The van der Waals surface area contributed by atoms with Crippen LogP contribution in [0.1, 0.15) is 36.7 Å². The van der Waals surface area contributed by atoms with Crippen LogP contribution >= 0.6 is 11.8 Å². The Morgan fingerprint density at radius 1 is 1.11 bits per heavy atom. The summed E-state index contributed by atoms with van der Waals surface area (Å²) in [5, 5.41) is 2.52. The van der Waals surface area contributed by atoms with Gasteiger partial charge in [0.05, 0.1) is 17.0 Å². The fraction of sp³-hybridized carbons (Fsp3) is 0.333. The monoisotopic (exact) mass is 523 g/mol. The number of rotatable bonds is 5. The van der Waals surface area contributed by atoms with Gasteiger partial charge in [-0.25, -0.2) is 9.59 Å². The molecule has 0 aliphatic carbocycles. The minimum absolute atomic E-state index is 0.00895. The maximum absolute atomic E-state index is 12.7. The molecule has 0 aromatic heterocycles. The van der Waals surface area contributed by atoms with Gasteiger partial charge in [0, 0.05) is 5.69 Å². The van der Waals surface area contributed by atoms with Crippen LogP contribution < -0.4 is 15.0 Å². The number of nitrogens with one attached hydrogen (secondary N) is 1. The molecule has 3 amide bonds. The normalized spacial score (nSPS) is 15.2. The van der Waals surface area contributed by atoms with E-state index >= 15 is 0 Å². The van der Waals surface area contributed by atoms with E-state index in [2.05, 4.69) is 10.3 Å². The van der Waals surface area contributed by atoms with E-state index < -0.39 is 36.3 Å². The van der Waals surface area contributed by atoms with Gasteiger partial charge in [0.1, 0.15) is 11.4 Å². The number of aliphatic imine (C=N–C) groups is 1. The van der Waals surface area contributed by atoms with Gasteiger partial charge in [-0.1, -0.05) is 17.8 Å². The predicted octanol–water partition coefficient (Wildman–Crippen LogP) is 5.56. The maximum atomic E-state index is 12.7. The average molecular weight is 524 g/mol. The highest BCUT2D eigenvalue weighted by Gasteiger charge is 2.34. The number of aryl methyl sites for hydroxylation is 1. The summed E-state index contributed by atoms with van der Waals surface area (Å²) in [6.07, 6.45) is -4.57. The number of amides is 3. The molecular weight excluding hydrogens is 499 g/mol. The van der Waals surface area contributed by atoms with Crippen molar-refractivity contribution in [3.63, 3.8) is 0 Å². The van der Waals surface area contributed by atoms with Crippen molar-refractivity contribution in [2.45, 2.75) is 39.5 Å². The van der Waals surface area contributed by atoms with Crippen LogP contribution in [0, 0.1) is 6.92 Å². The summed E-state index contributed by atoms with van der Waals surface area (Å²) in [7, 11) is 0. The quantitative estimate of drug-likeness (QED) is 0.516. The Balaban J connectivity index is 1.78. The highest BCUT2D eigenvalue weighted by atomic mass is 32.2. The zero-order valence-corrected chi connectivity index (χ0v) is 20.7. The molecule has 3 rings (SSSR count). The number of anilines is 2. The fourth-order valence-corrected chi connectivity index (χ4v) is 3.89. The lowest BCUT2D eigenvalue weighted by molar-refractivity contribution is -0.153. The molecule has 0 bridgehead atoms. The van der Waals surface area contributed by atoms with E-state index in [1.54, 1.807) is 33.8 Å². The lowest BCUT2D eigenvalue weighted by atomic mass is 10.1. The molecule has 0 radical (unpaired) electrons. The Hall–Kier alpha value is -3.54. The zero-order valence-electron chi connectivity index (χ0n) is 19.9. The smallest absolute Gasteiger partial charge is 0.422 e. The third kappa shape index (κ3) is 7.48. The molecule has 0 atom stereocenters. The summed E-state index contributed by atoms with van der Waals surface area (Å²) in [6.45, 7) is 5.40. The highest BCUT2D eigenvalue weighted by Crippen LogP contribution is 2.36. The number of ether oxygens (including phenoxy) is 2. The van der Waals surface area contributed by atoms with Gasteiger partial charge in [-0.05, 0) is 69.7 Å². The first-order chi connectivity index (χ1) is 16.7. The number of amidine groups is 1. The Labute approximate surface area is 209 Å². The number of benzene rings is 2. The molecule has 2 aromatic carbocycles. The number of urea groups is 1. The first-order valence-corrected chi connectivity index (χ1v) is 11.7. The number of hydrogen-bond donors (Lipinski definition) is 1. The molecule has 0 unspecified atom stereocenters. The Bertz CT molecular complexity index is 1190.